The van der Waals surface area contributed by atoms with Crippen LogP contribution in [0.15, 0.2) is 77.9 Å². The summed E-state index contributed by atoms with van der Waals surface area (Å²) in [6.45, 7) is 1.23. The summed E-state index contributed by atoms with van der Waals surface area (Å²) in [5, 5.41) is 7.05. The molecule has 1 aliphatic heterocycles. The van der Waals surface area contributed by atoms with E-state index < -0.39 is 0 Å². The molecule has 2 N–H and O–H groups in total. The number of nitrogens with one attached hydrogen (secondary N) is 2. The fraction of sp³-hybridized carbons (Fsp3) is 0.276. The Hall–Kier alpha value is -3.62. The van der Waals surface area contributed by atoms with Gasteiger partial charge in [0.25, 0.3) is 5.91 Å². The van der Waals surface area contributed by atoms with E-state index in [1.807, 2.05) is 36.4 Å². The molecule has 2 aliphatic rings. The van der Waals surface area contributed by atoms with E-state index in [2.05, 4.69) is 40.1 Å². The molecule has 0 radical (unpaired) electrons. The Labute approximate surface area is 220 Å². The van der Waals surface area contributed by atoms with Crippen molar-refractivity contribution in [2.45, 2.75) is 24.2 Å². The van der Waals surface area contributed by atoms with E-state index in [9.17, 15) is 9.59 Å². The second kappa shape index (κ2) is 12.1. The molecule has 3 aromatic carbocycles. The van der Waals surface area contributed by atoms with E-state index in [1.165, 1.54) is 22.3 Å². The highest BCUT2D eigenvalue weighted by atomic mass is 32.2. The molecule has 0 aromatic heterocycles. The lowest BCUT2D eigenvalue weighted by Gasteiger charge is -2.12. The molecule has 0 saturated carbocycles. The highest BCUT2D eigenvalue weighted by molar-refractivity contribution is 8.00. The zero-order valence-corrected chi connectivity index (χ0v) is 21.2. The summed E-state index contributed by atoms with van der Waals surface area (Å²) in [4.78, 5) is 24.4. The van der Waals surface area contributed by atoms with Gasteiger partial charge in [0.2, 0.25) is 5.91 Å². The average molecular weight is 516 g/mol. The van der Waals surface area contributed by atoms with Gasteiger partial charge in [-0.25, -0.2) is 5.43 Å². The van der Waals surface area contributed by atoms with E-state index in [0.29, 0.717) is 18.0 Å². The molecule has 1 fully saturated rings. The molecule has 2 amide bonds. The number of carbonyl (C=O) groups is 2. The summed E-state index contributed by atoms with van der Waals surface area (Å²) >= 11 is 1.60. The number of hydrogen-bond acceptors (Lipinski definition) is 6. The van der Waals surface area contributed by atoms with E-state index >= 15 is 0 Å². The van der Waals surface area contributed by atoms with Crippen molar-refractivity contribution < 1.29 is 19.1 Å². The van der Waals surface area contributed by atoms with Crippen molar-refractivity contribution in [2.75, 3.05) is 25.5 Å². The number of fused-ring (bicyclic) bond motifs is 3. The Kier molecular flexibility index (Phi) is 8.18. The van der Waals surface area contributed by atoms with Crippen LogP contribution >= 0.6 is 11.8 Å². The summed E-state index contributed by atoms with van der Waals surface area (Å²) < 4.78 is 11.0. The minimum atomic E-state index is -0.175. The molecule has 37 heavy (non-hydrogen) atoms. The molecule has 7 nitrogen and oxygen atoms in total. The fourth-order valence-corrected chi connectivity index (χ4v) is 5.69. The van der Waals surface area contributed by atoms with Crippen LogP contribution in [0.1, 0.15) is 34.8 Å². The molecule has 1 heterocycles. The first-order chi connectivity index (χ1) is 18.2. The molecule has 3 aromatic rings. The Bertz CT molecular complexity index is 1230. The van der Waals surface area contributed by atoms with Crippen LogP contribution in [0.25, 0.3) is 11.1 Å². The highest BCUT2D eigenvalue weighted by Gasteiger charge is 2.28. The minimum absolute atomic E-state index is 0.0518. The molecule has 0 bridgehead atoms. The molecular formula is C29H29N3O4S. The Morgan fingerprint density at radius 2 is 1.68 bits per heavy atom. The van der Waals surface area contributed by atoms with Gasteiger partial charge in [-0.15, -0.1) is 11.8 Å². The van der Waals surface area contributed by atoms with Gasteiger partial charge in [0.15, 0.2) is 6.61 Å². The number of hydrogen-bond donors (Lipinski definition) is 2. The van der Waals surface area contributed by atoms with Gasteiger partial charge in [-0.2, -0.15) is 5.10 Å². The van der Waals surface area contributed by atoms with Gasteiger partial charge in [0.1, 0.15) is 5.75 Å². The van der Waals surface area contributed by atoms with Crippen LogP contribution in [0.5, 0.6) is 5.75 Å². The largest absolute Gasteiger partial charge is 0.484 e. The van der Waals surface area contributed by atoms with E-state index in [-0.39, 0.29) is 29.8 Å². The zero-order valence-electron chi connectivity index (χ0n) is 20.4. The van der Waals surface area contributed by atoms with Gasteiger partial charge >= 0.3 is 0 Å². The third-order valence-electron chi connectivity index (χ3n) is 6.36. The molecule has 0 spiro atoms. The summed E-state index contributed by atoms with van der Waals surface area (Å²) in [7, 11) is 0. The van der Waals surface area contributed by atoms with Crippen molar-refractivity contribution in [1.29, 1.82) is 0 Å². The third kappa shape index (κ3) is 6.39. The van der Waals surface area contributed by atoms with Crippen LogP contribution in [0.3, 0.4) is 0 Å². The Balaban J connectivity index is 1.05. The van der Waals surface area contributed by atoms with Gasteiger partial charge in [0.05, 0.1) is 23.3 Å². The topological polar surface area (TPSA) is 89.0 Å². The number of rotatable bonds is 10. The van der Waals surface area contributed by atoms with Gasteiger partial charge in [-0.05, 0) is 64.9 Å². The number of thioether (sulfide) groups is 1. The van der Waals surface area contributed by atoms with Crippen molar-refractivity contribution in [2.24, 2.45) is 5.10 Å². The molecule has 1 atom stereocenters. The number of amides is 2. The van der Waals surface area contributed by atoms with Crippen LogP contribution in [-0.4, -0.2) is 49.6 Å². The Morgan fingerprint density at radius 3 is 2.35 bits per heavy atom. The second-order valence-corrected chi connectivity index (χ2v) is 10.0. The predicted octanol–water partition coefficient (Wildman–Crippen LogP) is 4.31. The lowest BCUT2D eigenvalue weighted by atomic mass is 10.1. The summed E-state index contributed by atoms with van der Waals surface area (Å²) in [6.07, 6.45) is 3.71. The van der Waals surface area contributed by atoms with Crippen LogP contribution in [-0.2, 0) is 14.3 Å². The molecule has 5 rings (SSSR count). The van der Waals surface area contributed by atoms with Gasteiger partial charge in [-0.1, -0.05) is 48.5 Å². The maximum atomic E-state index is 12.4. The SMILES string of the molecule is O=C(COc1ccc(/C=N\NC(=O)CSC2c3ccccc3-c3ccccc32)cc1)NC[C@@H]1CCCO1. The first-order valence-electron chi connectivity index (χ1n) is 12.4. The van der Waals surface area contributed by atoms with Gasteiger partial charge < -0.3 is 14.8 Å². The Morgan fingerprint density at radius 1 is 0.973 bits per heavy atom. The van der Waals surface area contributed by atoms with Crippen LogP contribution in [0, 0.1) is 0 Å². The van der Waals surface area contributed by atoms with Crippen molar-refractivity contribution in [1.82, 2.24) is 10.7 Å². The number of hydrazone groups is 1. The molecule has 190 valence electrons. The number of nitrogens with zero attached hydrogens (tertiary/aromatic N) is 1. The van der Waals surface area contributed by atoms with Crippen molar-refractivity contribution in [3.63, 3.8) is 0 Å². The van der Waals surface area contributed by atoms with Crippen LogP contribution < -0.4 is 15.5 Å². The smallest absolute Gasteiger partial charge is 0.258 e. The van der Waals surface area contributed by atoms with E-state index in [4.69, 9.17) is 9.47 Å². The summed E-state index contributed by atoms with van der Waals surface area (Å²) in [5.41, 5.74) is 8.38. The lowest BCUT2D eigenvalue weighted by molar-refractivity contribution is -0.123. The van der Waals surface area contributed by atoms with Crippen LogP contribution in [0.2, 0.25) is 0 Å². The standard InChI is InChI=1S/C29H29N3O4S/c33-27(30-17-22-6-5-15-35-22)18-36-21-13-11-20(12-14-21)16-31-32-28(34)19-37-29-25-9-3-1-7-23(25)24-8-2-4-10-26(24)29/h1-4,7-14,16,22,29H,5-6,15,17-19H2,(H,30,33)(H,32,34)/b31-16-/t22-/m0/s1. The quantitative estimate of drug-likeness (QED) is 0.310. The van der Waals surface area contributed by atoms with Crippen molar-refractivity contribution in [3.05, 3.63) is 89.5 Å². The lowest BCUT2D eigenvalue weighted by Crippen LogP contribution is -2.35. The van der Waals surface area contributed by atoms with Gasteiger partial charge in [0, 0.05) is 13.2 Å². The maximum Gasteiger partial charge on any atom is 0.258 e. The fourth-order valence-electron chi connectivity index (χ4n) is 4.54. The first kappa shape index (κ1) is 25.0. The normalized spacial score (nSPS) is 16.4. The third-order valence-corrected chi connectivity index (χ3v) is 7.63. The summed E-state index contributed by atoms with van der Waals surface area (Å²) in [6, 6.07) is 23.9. The van der Waals surface area contributed by atoms with E-state index in [0.717, 1.165) is 25.0 Å². The number of carbonyl (C=O) groups excluding carboxylic acids is 2. The predicted molar refractivity (Wildman–Crippen MR) is 146 cm³/mol. The highest BCUT2D eigenvalue weighted by Crippen LogP contribution is 2.49. The maximum absolute atomic E-state index is 12.4. The minimum Gasteiger partial charge on any atom is -0.484 e. The van der Waals surface area contributed by atoms with Crippen molar-refractivity contribution >= 4 is 29.8 Å². The second-order valence-electron chi connectivity index (χ2n) is 8.96. The average Bonchev–Trinajstić information content (AvgIpc) is 3.57. The molecule has 1 saturated heterocycles. The van der Waals surface area contributed by atoms with Crippen molar-refractivity contribution in [3.8, 4) is 16.9 Å². The molecule has 0 unspecified atom stereocenters. The number of ether oxygens (including phenoxy) is 2. The summed E-state index contributed by atoms with van der Waals surface area (Å²) in [5.74, 6) is 0.553. The molecular weight excluding hydrogens is 486 g/mol. The zero-order chi connectivity index (χ0) is 25.5. The monoisotopic (exact) mass is 515 g/mol. The van der Waals surface area contributed by atoms with Gasteiger partial charge in [-0.3, -0.25) is 9.59 Å². The van der Waals surface area contributed by atoms with Crippen LogP contribution in [0.4, 0.5) is 0 Å². The van der Waals surface area contributed by atoms with E-state index in [1.54, 1.807) is 30.1 Å². The number of benzene rings is 3. The first-order valence-corrected chi connectivity index (χ1v) is 13.4. The molecule has 8 heteroatoms. The molecule has 1 aliphatic carbocycles.